The molecule has 26 heavy (non-hydrogen) atoms. The highest BCUT2D eigenvalue weighted by molar-refractivity contribution is 7.17. The Morgan fingerprint density at radius 1 is 1.31 bits per heavy atom. The van der Waals surface area contributed by atoms with Crippen LogP contribution in [-0.4, -0.2) is 25.6 Å². The maximum absolute atomic E-state index is 12.3. The van der Waals surface area contributed by atoms with Crippen molar-refractivity contribution in [2.75, 3.05) is 19.0 Å². The number of methoxy groups -OCH3 is 1. The number of hydrogen-bond acceptors (Lipinski definition) is 5. The lowest BCUT2D eigenvalue weighted by Gasteiger charge is -2.18. The number of carbonyl (C=O) groups is 2. The maximum Gasteiger partial charge on any atom is 0.341 e. The SMILES string of the molecule is COC(=O)c1c(NC(=O)COc2ccc(Cl)cc2)sc2c1CC[C@H](C)C2. The minimum atomic E-state index is -0.411. The van der Waals surface area contributed by atoms with Gasteiger partial charge in [-0.15, -0.1) is 11.3 Å². The monoisotopic (exact) mass is 393 g/mol. The summed E-state index contributed by atoms with van der Waals surface area (Å²) in [5.41, 5.74) is 1.49. The van der Waals surface area contributed by atoms with E-state index in [1.54, 1.807) is 24.3 Å². The standard InChI is InChI=1S/C19H20ClNO4S/c1-11-3-8-14-15(9-11)26-18(17(14)19(23)24-2)21-16(22)10-25-13-6-4-12(20)5-7-13/h4-7,11H,3,8-10H2,1-2H3,(H,21,22)/t11-/m0/s1. The van der Waals surface area contributed by atoms with Crippen molar-refractivity contribution in [3.8, 4) is 5.75 Å². The van der Waals surface area contributed by atoms with Crippen LogP contribution in [0.25, 0.3) is 0 Å². The summed E-state index contributed by atoms with van der Waals surface area (Å²) in [6, 6.07) is 6.78. The Bertz CT molecular complexity index is 816. The van der Waals surface area contributed by atoms with Gasteiger partial charge in [0.05, 0.1) is 12.7 Å². The van der Waals surface area contributed by atoms with Crippen molar-refractivity contribution in [2.24, 2.45) is 5.92 Å². The summed E-state index contributed by atoms with van der Waals surface area (Å²) < 4.78 is 10.4. The van der Waals surface area contributed by atoms with Gasteiger partial charge in [-0.1, -0.05) is 18.5 Å². The number of fused-ring (bicyclic) bond motifs is 1. The molecule has 0 saturated carbocycles. The average Bonchev–Trinajstić information content (AvgIpc) is 2.97. The van der Waals surface area contributed by atoms with Gasteiger partial charge in [0, 0.05) is 9.90 Å². The van der Waals surface area contributed by atoms with Crippen LogP contribution in [0.15, 0.2) is 24.3 Å². The van der Waals surface area contributed by atoms with Crippen LogP contribution in [0, 0.1) is 5.92 Å². The summed E-state index contributed by atoms with van der Waals surface area (Å²) in [4.78, 5) is 25.7. The van der Waals surface area contributed by atoms with E-state index in [1.807, 2.05) is 0 Å². The van der Waals surface area contributed by atoms with E-state index in [-0.39, 0.29) is 12.5 Å². The van der Waals surface area contributed by atoms with Gasteiger partial charge >= 0.3 is 5.97 Å². The molecule has 1 aromatic carbocycles. The zero-order valence-electron chi connectivity index (χ0n) is 14.6. The number of thiophene rings is 1. The molecule has 0 radical (unpaired) electrons. The minimum Gasteiger partial charge on any atom is -0.484 e. The molecule has 1 aliphatic carbocycles. The molecule has 0 aliphatic heterocycles. The molecule has 0 unspecified atom stereocenters. The number of hydrogen-bond donors (Lipinski definition) is 1. The van der Waals surface area contributed by atoms with E-state index in [4.69, 9.17) is 21.1 Å². The normalized spacial score (nSPS) is 15.9. The Morgan fingerprint density at radius 3 is 2.73 bits per heavy atom. The summed E-state index contributed by atoms with van der Waals surface area (Å²) in [5, 5.41) is 3.95. The van der Waals surface area contributed by atoms with Crippen LogP contribution in [0.4, 0.5) is 5.00 Å². The highest BCUT2D eigenvalue weighted by Crippen LogP contribution is 2.40. The Labute approximate surface area is 161 Å². The lowest BCUT2D eigenvalue weighted by Crippen LogP contribution is -2.21. The van der Waals surface area contributed by atoms with Gasteiger partial charge < -0.3 is 14.8 Å². The van der Waals surface area contributed by atoms with E-state index >= 15 is 0 Å². The third-order valence-electron chi connectivity index (χ3n) is 4.34. The molecule has 5 nitrogen and oxygen atoms in total. The molecule has 1 N–H and O–H groups in total. The van der Waals surface area contributed by atoms with Gasteiger partial charge in [0.15, 0.2) is 6.61 Å². The minimum absolute atomic E-state index is 0.152. The van der Waals surface area contributed by atoms with E-state index in [1.165, 1.54) is 18.4 Å². The molecule has 0 bridgehead atoms. The third kappa shape index (κ3) is 4.19. The average molecular weight is 394 g/mol. The lowest BCUT2D eigenvalue weighted by molar-refractivity contribution is -0.118. The molecule has 1 atom stereocenters. The van der Waals surface area contributed by atoms with Crippen LogP contribution >= 0.6 is 22.9 Å². The van der Waals surface area contributed by atoms with Crippen LogP contribution in [0.1, 0.15) is 34.1 Å². The second-order valence-corrected chi connectivity index (χ2v) is 7.88. The van der Waals surface area contributed by atoms with E-state index in [2.05, 4.69) is 12.2 Å². The van der Waals surface area contributed by atoms with E-state index in [9.17, 15) is 9.59 Å². The molecule has 1 amide bonds. The molecule has 1 heterocycles. The number of rotatable bonds is 5. The second-order valence-electron chi connectivity index (χ2n) is 6.34. The molecule has 7 heteroatoms. The third-order valence-corrected chi connectivity index (χ3v) is 5.76. The zero-order chi connectivity index (χ0) is 18.7. The summed E-state index contributed by atoms with van der Waals surface area (Å²) >= 11 is 7.28. The van der Waals surface area contributed by atoms with Crippen LogP contribution in [0.3, 0.4) is 0 Å². The van der Waals surface area contributed by atoms with Crippen molar-refractivity contribution in [3.63, 3.8) is 0 Å². The van der Waals surface area contributed by atoms with Gasteiger partial charge in [-0.25, -0.2) is 4.79 Å². The highest BCUT2D eigenvalue weighted by Gasteiger charge is 2.28. The first-order valence-corrected chi connectivity index (χ1v) is 9.58. The molecule has 138 valence electrons. The number of carbonyl (C=O) groups excluding carboxylic acids is 2. The Balaban J connectivity index is 1.73. The summed E-state index contributed by atoms with van der Waals surface area (Å²) in [6.07, 6.45) is 2.77. The molecule has 0 saturated heterocycles. The van der Waals surface area contributed by atoms with Crippen molar-refractivity contribution >= 4 is 39.8 Å². The van der Waals surface area contributed by atoms with Gasteiger partial charge in [-0.05, 0) is 55.0 Å². The number of benzene rings is 1. The fraction of sp³-hybridized carbons (Fsp3) is 0.368. The fourth-order valence-electron chi connectivity index (χ4n) is 3.00. The molecular weight excluding hydrogens is 374 g/mol. The first kappa shape index (κ1) is 18.7. The topological polar surface area (TPSA) is 64.6 Å². The van der Waals surface area contributed by atoms with Crippen LogP contribution in [0.2, 0.25) is 5.02 Å². The van der Waals surface area contributed by atoms with Gasteiger partial charge in [0.2, 0.25) is 0 Å². The fourth-order valence-corrected chi connectivity index (χ4v) is 4.54. The Hall–Kier alpha value is -2.05. The van der Waals surface area contributed by atoms with E-state index in [0.717, 1.165) is 29.7 Å². The van der Waals surface area contributed by atoms with Crippen LogP contribution in [0.5, 0.6) is 5.75 Å². The molecular formula is C19H20ClNO4S. The first-order chi connectivity index (χ1) is 12.5. The molecule has 2 aromatic rings. The lowest BCUT2D eigenvalue weighted by atomic mass is 9.88. The highest BCUT2D eigenvalue weighted by atomic mass is 35.5. The number of ether oxygens (including phenoxy) is 2. The van der Waals surface area contributed by atoms with Crippen molar-refractivity contribution in [1.82, 2.24) is 0 Å². The molecule has 1 aromatic heterocycles. The number of anilines is 1. The van der Waals surface area contributed by atoms with E-state index < -0.39 is 5.97 Å². The van der Waals surface area contributed by atoms with Crippen molar-refractivity contribution in [2.45, 2.75) is 26.2 Å². The number of halogens is 1. The number of amides is 1. The predicted molar refractivity (Wildman–Crippen MR) is 102 cm³/mol. The largest absolute Gasteiger partial charge is 0.484 e. The van der Waals surface area contributed by atoms with Crippen molar-refractivity contribution < 1.29 is 19.1 Å². The van der Waals surface area contributed by atoms with E-state index in [0.29, 0.717) is 27.3 Å². The molecule has 1 aliphatic rings. The zero-order valence-corrected chi connectivity index (χ0v) is 16.2. The van der Waals surface area contributed by atoms with Gasteiger partial charge in [0.25, 0.3) is 5.91 Å². The second kappa shape index (κ2) is 8.10. The quantitative estimate of drug-likeness (QED) is 0.768. The molecule has 0 fully saturated rings. The summed E-state index contributed by atoms with van der Waals surface area (Å²) in [5.74, 6) is 0.392. The first-order valence-electron chi connectivity index (χ1n) is 8.39. The van der Waals surface area contributed by atoms with Crippen molar-refractivity contribution in [3.05, 3.63) is 45.3 Å². The maximum atomic E-state index is 12.3. The summed E-state index contributed by atoms with van der Waals surface area (Å²) in [7, 11) is 1.35. The van der Waals surface area contributed by atoms with Gasteiger partial charge in [-0.2, -0.15) is 0 Å². The van der Waals surface area contributed by atoms with Crippen molar-refractivity contribution in [1.29, 1.82) is 0 Å². The molecule has 3 rings (SSSR count). The van der Waals surface area contributed by atoms with Crippen LogP contribution in [-0.2, 0) is 22.4 Å². The molecule has 0 spiro atoms. The number of esters is 1. The predicted octanol–water partition coefficient (Wildman–Crippen LogP) is 4.33. The summed E-state index contributed by atoms with van der Waals surface area (Å²) in [6.45, 7) is 2.04. The Morgan fingerprint density at radius 2 is 2.04 bits per heavy atom. The Kier molecular flexibility index (Phi) is 5.84. The smallest absolute Gasteiger partial charge is 0.341 e. The van der Waals surface area contributed by atoms with Crippen LogP contribution < -0.4 is 10.1 Å². The van der Waals surface area contributed by atoms with Gasteiger partial charge in [0.1, 0.15) is 10.8 Å². The van der Waals surface area contributed by atoms with Gasteiger partial charge in [-0.3, -0.25) is 4.79 Å². The number of nitrogens with one attached hydrogen (secondary N) is 1.